The van der Waals surface area contributed by atoms with E-state index in [1.807, 2.05) is 0 Å². The number of aromatic nitrogens is 2. The number of carbonyl (C=O) groups is 2. The zero-order valence-electron chi connectivity index (χ0n) is 17.3. The number of hydrogen-bond acceptors (Lipinski definition) is 3. The van der Waals surface area contributed by atoms with Gasteiger partial charge < -0.3 is 10.2 Å². The molecule has 1 aliphatic heterocycles. The molecule has 1 aromatic heterocycles. The van der Waals surface area contributed by atoms with Crippen molar-refractivity contribution in [2.75, 3.05) is 18.4 Å². The average Bonchev–Trinajstić information content (AvgIpc) is 3.33. The van der Waals surface area contributed by atoms with Gasteiger partial charge in [-0.1, -0.05) is 11.6 Å². The van der Waals surface area contributed by atoms with Crippen molar-refractivity contribution in [3.8, 4) is 5.69 Å². The number of benzene rings is 2. The fourth-order valence-corrected chi connectivity index (χ4v) is 3.90. The molecule has 6 nitrogen and oxygen atoms in total. The number of carbonyl (C=O) groups excluding carboxylic acids is 2. The van der Waals surface area contributed by atoms with Gasteiger partial charge in [0.2, 0.25) is 5.91 Å². The van der Waals surface area contributed by atoms with Crippen LogP contribution in [0.3, 0.4) is 0 Å². The van der Waals surface area contributed by atoms with Gasteiger partial charge in [0.05, 0.1) is 16.9 Å². The molecule has 0 saturated carbocycles. The van der Waals surface area contributed by atoms with Gasteiger partial charge in [0.25, 0.3) is 5.91 Å². The first kappa shape index (κ1) is 22.8. The number of amides is 2. The average molecular weight is 477 g/mol. The Morgan fingerprint density at radius 2 is 1.76 bits per heavy atom. The molecule has 0 aliphatic carbocycles. The number of alkyl halides is 3. The molecule has 1 N–H and O–H groups in total. The SMILES string of the molecule is O=C(Nc1cc(C(F)(F)F)ccc1-n1cccn1)C1CCN(C(=O)c2ccc(Cl)cc2)CC1. The van der Waals surface area contributed by atoms with E-state index in [1.165, 1.54) is 16.9 Å². The van der Waals surface area contributed by atoms with Crippen molar-refractivity contribution in [2.24, 2.45) is 5.92 Å². The second-order valence-corrected chi connectivity index (χ2v) is 8.18. The van der Waals surface area contributed by atoms with E-state index in [4.69, 9.17) is 11.6 Å². The van der Waals surface area contributed by atoms with Crippen molar-refractivity contribution >= 4 is 29.1 Å². The topological polar surface area (TPSA) is 67.2 Å². The molecule has 0 radical (unpaired) electrons. The number of hydrogen-bond donors (Lipinski definition) is 1. The van der Waals surface area contributed by atoms with Crippen LogP contribution in [0.1, 0.15) is 28.8 Å². The van der Waals surface area contributed by atoms with Crippen LogP contribution in [-0.4, -0.2) is 39.6 Å². The highest BCUT2D eigenvalue weighted by molar-refractivity contribution is 6.30. The summed E-state index contributed by atoms with van der Waals surface area (Å²) in [5, 5.41) is 7.23. The Morgan fingerprint density at radius 3 is 2.36 bits per heavy atom. The van der Waals surface area contributed by atoms with Crippen LogP contribution >= 0.6 is 11.6 Å². The summed E-state index contributed by atoms with van der Waals surface area (Å²) in [5.41, 5.74) is 0.00196. The number of likely N-dealkylation sites (tertiary alicyclic amines) is 1. The van der Waals surface area contributed by atoms with Crippen LogP contribution < -0.4 is 5.32 Å². The molecule has 2 heterocycles. The molecule has 33 heavy (non-hydrogen) atoms. The van der Waals surface area contributed by atoms with Gasteiger partial charge in [-0.2, -0.15) is 18.3 Å². The molecular formula is C23H20ClF3N4O2. The maximum Gasteiger partial charge on any atom is 0.416 e. The summed E-state index contributed by atoms with van der Waals surface area (Å²) >= 11 is 5.86. The van der Waals surface area contributed by atoms with Gasteiger partial charge in [-0.25, -0.2) is 4.68 Å². The Kier molecular flexibility index (Phi) is 6.42. The van der Waals surface area contributed by atoms with E-state index < -0.39 is 17.7 Å². The number of anilines is 1. The van der Waals surface area contributed by atoms with Crippen molar-refractivity contribution in [1.82, 2.24) is 14.7 Å². The highest BCUT2D eigenvalue weighted by Crippen LogP contribution is 2.34. The molecule has 0 spiro atoms. The molecule has 1 saturated heterocycles. The molecule has 2 amide bonds. The molecule has 3 aromatic rings. The maximum atomic E-state index is 13.2. The quantitative estimate of drug-likeness (QED) is 0.574. The van der Waals surface area contributed by atoms with Crippen LogP contribution in [0.5, 0.6) is 0 Å². The molecule has 172 valence electrons. The smallest absolute Gasteiger partial charge is 0.339 e. The lowest BCUT2D eigenvalue weighted by atomic mass is 9.95. The number of halogens is 4. The van der Waals surface area contributed by atoms with E-state index >= 15 is 0 Å². The highest BCUT2D eigenvalue weighted by Gasteiger charge is 2.32. The Bertz CT molecular complexity index is 1140. The molecule has 4 rings (SSSR count). The Morgan fingerprint density at radius 1 is 1.06 bits per heavy atom. The predicted octanol–water partition coefficient (Wildman–Crippen LogP) is 5.04. The lowest BCUT2D eigenvalue weighted by Gasteiger charge is -2.31. The van der Waals surface area contributed by atoms with Crippen LogP contribution in [-0.2, 0) is 11.0 Å². The summed E-state index contributed by atoms with van der Waals surface area (Å²) in [4.78, 5) is 27.2. The summed E-state index contributed by atoms with van der Waals surface area (Å²) in [7, 11) is 0. The van der Waals surface area contributed by atoms with E-state index in [9.17, 15) is 22.8 Å². The number of nitrogens with one attached hydrogen (secondary N) is 1. The normalized spacial score (nSPS) is 14.8. The van der Waals surface area contributed by atoms with Gasteiger partial charge in [0, 0.05) is 42.0 Å². The first-order chi connectivity index (χ1) is 15.7. The van der Waals surface area contributed by atoms with Crippen molar-refractivity contribution in [3.63, 3.8) is 0 Å². The standard InChI is InChI=1S/C23H20ClF3N4O2/c24-18-5-2-16(3-6-18)22(33)30-12-8-15(9-13-30)21(32)29-19-14-17(23(25,26)27)4-7-20(19)31-11-1-10-28-31/h1-7,10-11,14-15H,8-9,12-13H2,(H,29,32). The minimum absolute atomic E-state index is 0.0261. The summed E-state index contributed by atoms with van der Waals surface area (Å²) in [6, 6.07) is 11.3. The van der Waals surface area contributed by atoms with E-state index in [0.29, 0.717) is 42.2 Å². The fourth-order valence-electron chi connectivity index (χ4n) is 3.78. The predicted molar refractivity (Wildman–Crippen MR) is 117 cm³/mol. The zero-order chi connectivity index (χ0) is 23.6. The number of nitrogens with zero attached hydrogens (tertiary/aromatic N) is 3. The van der Waals surface area contributed by atoms with E-state index in [-0.39, 0.29) is 17.5 Å². The van der Waals surface area contributed by atoms with Gasteiger partial charge in [0.15, 0.2) is 0 Å². The summed E-state index contributed by atoms with van der Waals surface area (Å²) in [6.45, 7) is 0.738. The van der Waals surface area contributed by atoms with E-state index in [1.54, 1.807) is 41.4 Å². The van der Waals surface area contributed by atoms with Gasteiger partial charge >= 0.3 is 6.18 Å². The Hall–Kier alpha value is -3.33. The summed E-state index contributed by atoms with van der Waals surface area (Å²) in [5.74, 6) is -0.968. The van der Waals surface area contributed by atoms with E-state index in [0.717, 1.165) is 12.1 Å². The van der Waals surface area contributed by atoms with Crippen LogP contribution in [0.2, 0.25) is 5.02 Å². The molecule has 0 atom stereocenters. The molecule has 10 heteroatoms. The first-order valence-electron chi connectivity index (χ1n) is 10.3. The van der Waals surface area contributed by atoms with Crippen LogP contribution in [0.15, 0.2) is 60.9 Å². The van der Waals surface area contributed by atoms with E-state index in [2.05, 4.69) is 10.4 Å². The maximum absolute atomic E-state index is 13.2. The Balaban J connectivity index is 1.45. The molecule has 1 aliphatic rings. The van der Waals surface area contributed by atoms with Gasteiger partial charge in [-0.05, 0) is 61.4 Å². The van der Waals surface area contributed by atoms with Crippen LogP contribution in [0, 0.1) is 5.92 Å². The molecule has 1 fully saturated rings. The molecule has 0 unspecified atom stereocenters. The van der Waals surface area contributed by atoms with Crippen LogP contribution in [0.25, 0.3) is 5.69 Å². The van der Waals surface area contributed by atoms with Crippen molar-refractivity contribution < 1.29 is 22.8 Å². The van der Waals surface area contributed by atoms with Gasteiger partial charge in [0.1, 0.15) is 0 Å². The lowest BCUT2D eigenvalue weighted by Crippen LogP contribution is -2.41. The monoisotopic (exact) mass is 476 g/mol. The zero-order valence-corrected chi connectivity index (χ0v) is 18.1. The largest absolute Gasteiger partial charge is 0.416 e. The summed E-state index contributed by atoms with van der Waals surface area (Å²) in [6.07, 6.45) is -0.659. The van der Waals surface area contributed by atoms with Crippen molar-refractivity contribution in [1.29, 1.82) is 0 Å². The summed E-state index contributed by atoms with van der Waals surface area (Å²) < 4.78 is 41.1. The second kappa shape index (κ2) is 9.27. The molecular weight excluding hydrogens is 457 g/mol. The number of rotatable bonds is 4. The van der Waals surface area contributed by atoms with Gasteiger partial charge in [-0.3, -0.25) is 9.59 Å². The number of piperidine rings is 1. The fraction of sp³-hybridized carbons (Fsp3) is 0.261. The second-order valence-electron chi connectivity index (χ2n) is 7.74. The van der Waals surface area contributed by atoms with Crippen LogP contribution in [0.4, 0.5) is 18.9 Å². The third-order valence-corrected chi connectivity index (χ3v) is 5.83. The third-order valence-electron chi connectivity index (χ3n) is 5.58. The third kappa shape index (κ3) is 5.19. The first-order valence-corrected chi connectivity index (χ1v) is 10.7. The minimum atomic E-state index is -4.55. The van der Waals surface area contributed by atoms with Gasteiger partial charge in [-0.15, -0.1) is 0 Å². The van der Waals surface area contributed by atoms with Crippen molar-refractivity contribution in [2.45, 2.75) is 19.0 Å². The molecule has 0 bridgehead atoms. The van der Waals surface area contributed by atoms with Crippen molar-refractivity contribution in [3.05, 3.63) is 77.1 Å². The minimum Gasteiger partial charge on any atom is -0.339 e. The highest BCUT2D eigenvalue weighted by atomic mass is 35.5. The Labute approximate surface area is 192 Å². The molecule has 2 aromatic carbocycles. The lowest BCUT2D eigenvalue weighted by molar-refractivity contribution is -0.137.